The third kappa shape index (κ3) is 5.56. The molecule has 1 aromatic carbocycles. The predicted molar refractivity (Wildman–Crippen MR) is 157 cm³/mol. The first-order chi connectivity index (χ1) is 19.2. The molecule has 6 rings (SSSR count). The van der Waals surface area contributed by atoms with Gasteiger partial charge < -0.3 is 24.5 Å². The van der Waals surface area contributed by atoms with E-state index in [1.54, 1.807) is 31.6 Å². The van der Waals surface area contributed by atoms with Gasteiger partial charge in [-0.3, -0.25) is 9.78 Å². The van der Waals surface area contributed by atoms with Crippen molar-refractivity contribution < 1.29 is 28.4 Å². The summed E-state index contributed by atoms with van der Waals surface area (Å²) in [6.45, 7) is 12.3. The molecule has 9 heteroatoms. The molecular formula is C32H43BN2O6. The van der Waals surface area contributed by atoms with Crippen LogP contribution in [0.2, 0.25) is 5.82 Å². The van der Waals surface area contributed by atoms with Gasteiger partial charge in [-0.1, -0.05) is 32.0 Å². The fraction of sp³-hybridized carbons (Fsp3) is 0.594. The molecule has 3 saturated carbocycles. The van der Waals surface area contributed by atoms with Gasteiger partial charge in [-0.25, -0.2) is 4.79 Å². The third-order valence-electron chi connectivity index (χ3n) is 9.61. The van der Waals surface area contributed by atoms with Crippen molar-refractivity contribution in [1.82, 2.24) is 4.98 Å². The van der Waals surface area contributed by atoms with Crippen LogP contribution in [0.5, 0.6) is 5.75 Å². The molecule has 4 fully saturated rings. The van der Waals surface area contributed by atoms with Crippen molar-refractivity contribution in [1.29, 1.82) is 0 Å². The maximum Gasteiger partial charge on any atom is 0.461 e. The lowest BCUT2D eigenvalue weighted by Gasteiger charge is -2.64. The van der Waals surface area contributed by atoms with Gasteiger partial charge in [0.15, 0.2) is 5.78 Å². The van der Waals surface area contributed by atoms with Gasteiger partial charge in [0, 0.05) is 24.6 Å². The molecule has 6 atom stereocenters. The highest BCUT2D eigenvalue weighted by Crippen LogP contribution is 2.66. The van der Waals surface area contributed by atoms with E-state index in [4.69, 9.17) is 24.5 Å². The molecule has 2 bridgehead atoms. The summed E-state index contributed by atoms with van der Waals surface area (Å²) in [5.41, 5.74) is 7.32. The minimum atomic E-state index is -0.813. The Bertz CT molecular complexity index is 1290. The molecule has 2 N–H and O–H groups in total. The summed E-state index contributed by atoms with van der Waals surface area (Å²) in [4.78, 5) is 30.8. The average molecular weight is 563 g/mol. The Morgan fingerprint density at radius 1 is 1.17 bits per heavy atom. The summed E-state index contributed by atoms with van der Waals surface area (Å²) >= 11 is 0. The van der Waals surface area contributed by atoms with Gasteiger partial charge in [-0.2, -0.15) is 0 Å². The van der Waals surface area contributed by atoms with Crippen molar-refractivity contribution in [2.75, 3.05) is 7.11 Å². The van der Waals surface area contributed by atoms with Crippen LogP contribution in [0.4, 0.5) is 0 Å². The molecule has 1 aromatic heterocycles. The van der Waals surface area contributed by atoms with E-state index in [2.05, 4.69) is 25.8 Å². The van der Waals surface area contributed by atoms with E-state index < -0.39 is 30.3 Å². The van der Waals surface area contributed by atoms with Gasteiger partial charge in [0.25, 0.3) is 0 Å². The summed E-state index contributed by atoms with van der Waals surface area (Å²) in [5, 5.41) is 0. The number of esters is 1. The topological polar surface area (TPSA) is 110 Å². The molecule has 2 heterocycles. The number of nitrogens with zero attached hydrogens (tertiary/aromatic N) is 1. The van der Waals surface area contributed by atoms with Crippen molar-refractivity contribution >= 4 is 18.9 Å². The first-order valence-corrected chi connectivity index (χ1v) is 14.6. The lowest BCUT2D eigenvalue weighted by atomic mass is 9.43. The lowest BCUT2D eigenvalue weighted by Crippen LogP contribution is -2.65. The Hall–Kier alpha value is -2.75. The van der Waals surface area contributed by atoms with Crippen molar-refractivity contribution in [3.63, 3.8) is 0 Å². The maximum atomic E-state index is 13.6. The number of rotatable bonds is 9. The van der Waals surface area contributed by atoms with Gasteiger partial charge in [-0.05, 0) is 87.5 Å². The minimum Gasteiger partial charge on any atom is -0.496 e. The molecule has 220 valence electrons. The highest BCUT2D eigenvalue weighted by atomic mass is 16.7. The van der Waals surface area contributed by atoms with Crippen LogP contribution in [-0.4, -0.2) is 48.3 Å². The first kappa shape index (κ1) is 29.7. The van der Waals surface area contributed by atoms with E-state index >= 15 is 0 Å². The predicted octanol–water partition coefficient (Wildman–Crippen LogP) is 5.35. The van der Waals surface area contributed by atoms with Crippen LogP contribution >= 0.6 is 0 Å². The SMILES string of the molecule is COc1c(C[C@H](CC(=O)C(N)c2cccnc2)B2O[C@@H]3C[C@@H]4C[C@@H](C4(C)C)[C@]3(C)O2)cccc1C(=O)OC(C)(C)C. The standard InChI is InChI=1S/C32H43BN2O6/c1-30(2,3)39-29(37)23-12-8-10-19(28(23)38-7)14-22(17-24(36)27(34)20-11-9-13-35-18-20)33-40-26-16-21-15-25(31(21,4)5)32(26,6)41-33/h8-13,18,21-22,25-27H,14-17,34H2,1-7H3/t21-,22+,25-,26+,27?,32-/m0/s1. The monoisotopic (exact) mass is 562 g/mol. The summed E-state index contributed by atoms with van der Waals surface area (Å²) in [5.74, 6) is 0.496. The van der Waals surface area contributed by atoms with Gasteiger partial charge in [0.05, 0.1) is 24.9 Å². The number of hydrogen-bond donors (Lipinski definition) is 1. The van der Waals surface area contributed by atoms with Crippen LogP contribution in [0.15, 0.2) is 42.7 Å². The number of benzene rings is 1. The van der Waals surface area contributed by atoms with Gasteiger partial charge in [0.1, 0.15) is 16.9 Å². The second-order valence-corrected chi connectivity index (χ2v) is 13.7. The normalized spacial score (nSPS) is 27.8. The molecule has 1 saturated heterocycles. The van der Waals surface area contributed by atoms with Gasteiger partial charge in [0.2, 0.25) is 0 Å². The highest BCUT2D eigenvalue weighted by Gasteiger charge is 2.68. The Labute approximate surface area is 243 Å². The zero-order chi connectivity index (χ0) is 29.7. The Balaban J connectivity index is 1.44. The minimum absolute atomic E-state index is 0.0242. The lowest BCUT2D eigenvalue weighted by molar-refractivity contribution is -0.199. The number of carbonyl (C=O) groups is 2. The zero-order valence-corrected chi connectivity index (χ0v) is 25.3. The fourth-order valence-electron chi connectivity index (χ4n) is 7.26. The van der Waals surface area contributed by atoms with Crippen LogP contribution in [0.25, 0.3) is 0 Å². The molecule has 1 aliphatic heterocycles. The van der Waals surface area contributed by atoms with E-state index in [1.165, 1.54) is 0 Å². The Kier molecular flexibility index (Phi) is 7.85. The smallest absolute Gasteiger partial charge is 0.461 e. The number of pyridine rings is 1. The highest BCUT2D eigenvalue weighted by molar-refractivity contribution is 6.48. The van der Waals surface area contributed by atoms with Crippen molar-refractivity contribution in [3.05, 3.63) is 59.4 Å². The van der Waals surface area contributed by atoms with Crippen LogP contribution in [-0.2, 0) is 25.3 Å². The fourth-order valence-corrected chi connectivity index (χ4v) is 7.26. The van der Waals surface area contributed by atoms with E-state index in [-0.39, 0.29) is 29.5 Å². The first-order valence-electron chi connectivity index (χ1n) is 14.6. The Morgan fingerprint density at radius 3 is 2.56 bits per heavy atom. The van der Waals surface area contributed by atoms with Crippen molar-refractivity contribution in [2.45, 2.75) is 96.4 Å². The largest absolute Gasteiger partial charge is 0.496 e. The third-order valence-corrected chi connectivity index (χ3v) is 9.61. The summed E-state index contributed by atoms with van der Waals surface area (Å²) < 4.78 is 24.9. The van der Waals surface area contributed by atoms with Gasteiger partial charge >= 0.3 is 13.1 Å². The number of para-hydroxylation sites is 1. The quantitative estimate of drug-likeness (QED) is 0.322. The number of aromatic nitrogens is 1. The molecule has 0 spiro atoms. The number of hydrogen-bond acceptors (Lipinski definition) is 8. The van der Waals surface area contributed by atoms with Gasteiger partial charge in [-0.15, -0.1) is 0 Å². The van der Waals surface area contributed by atoms with E-state index in [9.17, 15) is 9.59 Å². The molecular weight excluding hydrogens is 519 g/mol. The number of Topliss-reactive ketones (excluding diaryl/α,β-unsaturated/α-hetero) is 1. The summed E-state index contributed by atoms with van der Waals surface area (Å²) in [7, 11) is 0.943. The van der Waals surface area contributed by atoms with Crippen LogP contribution in [0, 0.1) is 17.3 Å². The van der Waals surface area contributed by atoms with E-state index in [0.717, 1.165) is 18.4 Å². The maximum absolute atomic E-state index is 13.6. The number of methoxy groups -OCH3 is 1. The number of ether oxygens (including phenoxy) is 2. The molecule has 2 aromatic rings. The summed E-state index contributed by atoms with van der Waals surface area (Å²) in [6, 6.07) is 8.19. The van der Waals surface area contributed by atoms with Crippen LogP contribution < -0.4 is 10.5 Å². The molecule has 4 aliphatic rings. The molecule has 1 unspecified atom stereocenters. The van der Waals surface area contributed by atoms with Crippen molar-refractivity contribution in [3.8, 4) is 5.75 Å². The zero-order valence-electron chi connectivity index (χ0n) is 25.3. The Morgan fingerprint density at radius 2 is 1.93 bits per heavy atom. The molecule has 0 amide bonds. The van der Waals surface area contributed by atoms with Crippen LogP contribution in [0.1, 0.15) is 88.3 Å². The second-order valence-electron chi connectivity index (χ2n) is 13.7. The second kappa shape index (κ2) is 10.8. The number of carbonyl (C=O) groups excluding carboxylic acids is 2. The van der Waals surface area contributed by atoms with E-state index in [0.29, 0.717) is 35.1 Å². The molecule has 0 radical (unpaired) electrons. The molecule has 8 nitrogen and oxygen atoms in total. The molecule has 41 heavy (non-hydrogen) atoms. The summed E-state index contributed by atoms with van der Waals surface area (Å²) in [6.07, 6.45) is 5.88. The number of ketones is 1. The molecule has 3 aliphatic carbocycles. The average Bonchev–Trinajstić information content (AvgIpc) is 3.28. The van der Waals surface area contributed by atoms with Crippen LogP contribution in [0.3, 0.4) is 0 Å². The number of nitrogens with two attached hydrogens (primary N) is 1. The van der Waals surface area contributed by atoms with Crippen molar-refractivity contribution in [2.24, 2.45) is 23.0 Å². The van der Waals surface area contributed by atoms with E-state index in [1.807, 2.05) is 39.0 Å².